The van der Waals surface area contributed by atoms with Crippen LogP contribution in [0.2, 0.25) is 0 Å². The van der Waals surface area contributed by atoms with E-state index < -0.39 is 0 Å². The van der Waals surface area contributed by atoms with E-state index in [2.05, 4.69) is 17.6 Å². The first-order chi connectivity index (χ1) is 8.67. The molecule has 1 aromatic carbocycles. The summed E-state index contributed by atoms with van der Waals surface area (Å²) in [6.45, 7) is 3.43. The van der Waals surface area contributed by atoms with Gasteiger partial charge in [0.2, 0.25) is 0 Å². The van der Waals surface area contributed by atoms with Crippen molar-refractivity contribution in [3.8, 4) is 0 Å². The Morgan fingerprint density at radius 2 is 2.22 bits per heavy atom. The van der Waals surface area contributed by atoms with Crippen LogP contribution in [0, 0.1) is 5.41 Å². The van der Waals surface area contributed by atoms with E-state index in [1.54, 1.807) is 0 Å². The Morgan fingerprint density at radius 1 is 1.44 bits per heavy atom. The van der Waals surface area contributed by atoms with Gasteiger partial charge in [0.15, 0.2) is 0 Å². The van der Waals surface area contributed by atoms with Gasteiger partial charge >= 0.3 is 6.03 Å². The molecule has 2 amide bonds. The Morgan fingerprint density at radius 3 is 2.83 bits per heavy atom. The van der Waals surface area contributed by atoms with E-state index in [-0.39, 0.29) is 6.03 Å². The van der Waals surface area contributed by atoms with Gasteiger partial charge in [0.1, 0.15) is 0 Å². The summed E-state index contributed by atoms with van der Waals surface area (Å²) in [6, 6.07) is 7.47. The highest BCUT2D eigenvalue weighted by molar-refractivity contribution is 5.89. The number of carbonyl (C=O) groups excluding carboxylic acids is 1. The molecule has 0 spiro atoms. The molecule has 1 fully saturated rings. The molecule has 0 aliphatic heterocycles. The van der Waals surface area contributed by atoms with E-state index in [1.165, 1.54) is 12.8 Å². The molecule has 18 heavy (non-hydrogen) atoms. The van der Waals surface area contributed by atoms with E-state index in [4.69, 9.17) is 5.73 Å². The van der Waals surface area contributed by atoms with Crippen LogP contribution in [0.4, 0.5) is 10.5 Å². The van der Waals surface area contributed by atoms with Gasteiger partial charge in [0.25, 0.3) is 0 Å². The van der Waals surface area contributed by atoms with E-state index in [1.807, 2.05) is 24.3 Å². The average Bonchev–Trinajstić information content (AvgIpc) is 3.17. The lowest BCUT2D eigenvalue weighted by Crippen LogP contribution is -2.33. The predicted octanol–water partition coefficient (Wildman–Crippen LogP) is 2.46. The topological polar surface area (TPSA) is 67.2 Å². The molecule has 1 saturated carbocycles. The lowest BCUT2D eigenvalue weighted by atomic mass is 10.0. The molecule has 4 nitrogen and oxygen atoms in total. The lowest BCUT2D eigenvalue weighted by molar-refractivity contribution is 0.249. The number of benzene rings is 1. The summed E-state index contributed by atoms with van der Waals surface area (Å²) in [5, 5.41) is 5.78. The van der Waals surface area contributed by atoms with Crippen LogP contribution in [0.5, 0.6) is 0 Å². The fourth-order valence-electron chi connectivity index (χ4n) is 2.05. The largest absolute Gasteiger partial charge is 0.337 e. The number of hydrogen-bond donors (Lipinski definition) is 3. The fourth-order valence-corrected chi connectivity index (χ4v) is 2.05. The minimum absolute atomic E-state index is 0.135. The van der Waals surface area contributed by atoms with Gasteiger partial charge in [0.05, 0.1) is 0 Å². The summed E-state index contributed by atoms with van der Waals surface area (Å²) >= 11 is 0. The summed E-state index contributed by atoms with van der Waals surface area (Å²) < 4.78 is 0. The average molecular weight is 247 g/mol. The summed E-state index contributed by atoms with van der Waals surface area (Å²) in [5.41, 5.74) is 7.74. The van der Waals surface area contributed by atoms with Gasteiger partial charge in [-0.25, -0.2) is 4.79 Å². The first-order valence-electron chi connectivity index (χ1n) is 6.51. The molecule has 2 rings (SSSR count). The van der Waals surface area contributed by atoms with Crippen LogP contribution in [-0.2, 0) is 6.54 Å². The van der Waals surface area contributed by atoms with E-state index in [9.17, 15) is 4.79 Å². The molecular formula is C14H21N3O. The van der Waals surface area contributed by atoms with Crippen molar-refractivity contribution in [1.82, 2.24) is 5.32 Å². The third kappa shape index (κ3) is 3.23. The number of hydrogen-bond acceptors (Lipinski definition) is 2. The zero-order valence-electron chi connectivity index (χ0n) is 10.8. The van der Waals surface area contributed by atoms with Crippen LogP contribution in [0.15, 0.2) is 24.3 Å². The van der Waals surface area contributed by atoms with Gasteiger partial charge in [-0.3, -0.25) is 0 Å². The quantitative estimate of drug-likeness (QED) is 0.748. The number of rotatable bonds is 5. The van der Waals surface area contributed by atoms with Crippen molar-refractivity contribution in [1.29, 1.82) is 0 Å². The molecule has 98 valence electrons. The molecule has 0 heterocycles. The number of nitrogens with one attached hydrogen (secondary N) is 2. The molecular weight excluding hydrogens is 226 g/mol. The predicted molar refractivity (Wildman–Crippen MR) is 73.3 cm³/mol. The van der Waals surface area contributed by atoms with Crippen molar-refractivity contribution < 1.29 is 4.79 Å². The van der Waals surface area contributed by atoms with Crippen molar-refractivity contribution in [3.63, 3.8) is 0 Å². The Labute approximate surface area is 108 Å². The van der Waals surface area contributed by atoms with Crippen LogP contribution < -0.4 is 16.4 Å². The molecule has 4 N–H and O–H groups in total. The molecule has 0 unspecified atom stereocenters. The molecule has 4 heteroatoms. The Balaban J connectivity index is 1.83. The van der Waals surface area contributed by atoms with Gasteiger partial charge < -0.3 is 16.4 Å². The first-order valence-corrected chi connectivity index (χ1v) is 6.51. The van der Waals surface area contributed by atoms with Gasteiger partial charge in [-0.1, -0.05) is 19.1 Å². The van der Waals surface area contributed by atoms with Gasteiger partial charge in [-0.2, -0.15) is 0 Å². The summed E-state index contributed by atoms with van der Waals surface area (Å²) in [5.74, 6) is 0. The molecule has 1 aliphatic carbocycles. The maximum absolute atomic E-state index is 11.7. The lowest BCUT2D eigenvalue weighted by Gasteiger charge is -2.14. The van der Waals surface area contributed by atoms with Crippen LogP contribution in [0.25, 0.3) is 0 Å². The highest BCUT2D eigenvalue weighted by Crippen LogP contribution is 2.47. The molecule has 0 bridgehead atoms. The number of urea groups is 1. The van der Waals surface area contributed by atoms with Crippen molar-refractivity contribution in [2.75, 3.05) is 11.9 Å². The molecule has 1 aromatic rings. The van der Waals surface area contributed by atoms with Crippen LogP contribution in [-0.4, -0.2) is 12.6 Å². The number of nitrogens with two attached hydrogens (primary N) is 1. The SMILES string of the molecule is CCC1(CNC(=O)Nc2cccc(CN)c2)CC1. The zero-order valence-corrected chi connectivity index (χ0v) is 10.8. The smallest absolute Gasteiger partial charge is 0.319 e. The van der Waals surface area contributed by atoms with Crippen LogP contribution in [0.3, 0.4) is 0 Å². The van der Waals surface area contributed by atoms with Gasteiger partial charge in [-0.15, -0.1) is 0 Å². The van der Waals surface area contributed by atoms with E-state index >= 15 is 0 Å². The molecule has 0 atom stereocenters. The highest BCUT2D eigenvalue weighted by Gasteiger charge is 2.40. The first kappa shape index (κ1) is 12.9. The Kier molecular flexibility index (Phi) is 3.87. The Bertz CT molecular complexity index is 427. The van der Waals surface area contributed by atoms with Crippen molar-refractivity contribution in [3.05, 3.63) is 29.8 Å². The maximum atomic E-state index is 11.7. The Hall–Kier alpha value is -1.55. The second kappa shape index (κ2) is 5.40. The number of carbonyl (C=O) groups is 1. The van der Waals surface area contributed by atoms with Gasteiger partial charge in [-0.05, 0) is 42.4 Å². The third-order valence-electron chi connectivity index (χ3n) is 3.75. The summed E-state index contributed by atoms with van der Waals surface area (Å²) in [4.78, 5) is 11.7. The summed E-state index contributed by atoms with van der Waals surface area (Å²) in [7, 11) is 0. The third-order valence-corrected chi connectivity index (χ3v) is 3.75. The second-order valence-corrected chi connectivity index (χ2v) is 5.07. The minimum Gasteiger partial charge on any atom is -0.337 e. The molecule has 0 aromatic heterocycles. The van der Waals surface area contributed by atoms with Crippen LogP contribution in [0.1, 0.15) is 31.7 Å². The number of anilines is 1. The van der Waals surface area contributed by atoms with Crippen molar-refractivity contribution in [2.45, 2.75) is 32.7 Å². The zero-order chi connectivity index (χ0) is 13.0. The van der Waals surface area contributed by atoms with E-state index in [0.29, 0.717) is 12.0 Å². The standard InChI is InChI=1S/C14H21N3O/c1-2-14(6-7-14)10-16-13(18)17-12-5-3-4-11(8-12)9-15/h3-5,8H,2,6-7,9-10,15H2,1H3,(H2,16,17,18). The van der Waals surface area contributed by atoms with Crippen LogP contribution >= 0.6 is 0 Å². The normalized spacial score (nSPS) is 16.1. The molecule has 0 saturated heterocycles. The van der Waals surface area contributed by atoms with Crippen molar-refractivity contribution in [2.24, 2.45) is 11.1 Å². The molecule has 0 radical (unpaired) electrons. The summed E-state index contributed by atoms with van der Waals surface area (Å²) in [6.07, 6.45) is 3.59. The second-order valence-electron chi connectivity index (χ2n) is 5.07. The fraction of sp³-hybridized carbons (Fsp3) is 0.500. The maximum Gasteiger partial charge on any atom is 0.319 e. The minimum atomic E-state index is -0.135. The van der Waals surface area contributed by atoms with Gasteiger partial charge in [0, 0.05) is 18.8 Å². The monoisotopic (exact) mass is 247 g/mol. The number of amides is 2. The highest BCUT2D eigenvalue weighted by atomic mass is 16.2. The van der Waals surface area contributed by atoms with E-state index in [0.717, 1.165) is 24.2 Å². The van der Waals surface area contributed by atoms with Crippen molar-refractivity contribution >= 4 is 11.7 Å². The molecule has 1 aliphatic rings.